The lowest BCUT2D eigenvalue weighted by atomic mass is 10.2. The van der Waals surface area contributed by atoms with Crippen molar-refractivity contribution in [3.05, 3.63) is 33.9 Å². The van der Waals surface area contributed by atoms with Crippen molar-refractivity contribution in [3.63, 3.8) is 0 Å². The highest BCUT2D eigenvalue weighted by Crippen LogP contribution is 2.28. The minimum absolute atomic E-state index is 0.00210. The third-order valence-electron chi connectivity index (χ3n) is 2.72. The van der Waals surface area contributed by atoms with Crippen LogP contribution >= 0.6 is 0 Å². The van der Waals surface area contributed by atoms with E-state index in [4.69, 9.17) is 4.74 Å². The van der Waals surface area contributed by atoms with Crippen molar-refractivity contribution in [2.24, 2.45) is 0 Å². The number of nitrogens with zero attached hydrogens (tertiary/aromatic N) is 1. The van der Waals surface area contributed by atoms with Gasteiger partial charge in [-0.15, -0.1) is 0 Å². The number of nitrogens with one attached hydrogen (secondary N) is 1. The van der Waals surface area contributed by atoms with Gasteiger partial charge in [0.1, 0.15) is 9.84 Å². The number of nitro groups is 1. The summed E-state index contributed by atoms with van der Waals surface area (Å²) in [4.78, 5) is 10.4. The van der Waals surface area contributed by atoms with Crippen molar-refractivity contribution in [1.82, 2.24) is 5.32 Å². The number of nitro benzene ring substituents is 1. The minimum Gasteiger partial charge on any atom is -0.487 e. The number of benzene rings is 1. The van der Waals surface area contributed by atoms with Gasteiger partial charge in [0.15, 0.2) is 5.75 Å². The fourth-order valence-corrected chi connectivity index (χ4v) is 2.35. The van der Waals surface area contributed by atoms with Crippen molar-refractivity contribution in [2.45, 2.75) is 19.9 Å². The highest BCUT2D eigenvalue weighted by atomic mass is 32.2. The van der Waals surface area contributed by atoms with Crippen LogP contribution in [0.5, 0.6) is 5.75 Å². The second kappa shape index (κ2) is 7.94. The number of rotatable bonds is 9. The minimum atomic E-state index is -3.05. The van der Waals surface area contributed by atoms with Crippen LogP contribution in [0.2, 0.25) is 0 Å². The van der Waals surface area contributed by atoms with Crippen LogP contribution in [0.25, 0.3) is 0 Å². The van der Waals surface area contributed by atoms with E-state index in [0.717, 1.165) is 18.4 Å². The molecule has 0 heterocycles. The van der Waals surface area contributed by atoms with Crippen LogP contribution in [0.3, 0.4) is 0 Å². The predicted octanol–water partition coefficient (Wildman–Crippen LogP) is 1.52. The maximum Gasteiger partial charge on any atom is 0.310 e. The van der Waals surface area contributed by atoms with Crippen molar-refractivity contribution in [3.8, 4) is 5.75 Å². The molecule has 0 saturated heterocycles. The molecule has 0 radical (unpaired) electrons. The Morgan fingerprint density at radius 1 is 1.38 bits per heavy atom. The highest BCUT2D eigenvalue weighted by molar-refractivity contribution is 7.90. The predicted molar refractivity (Wildman–Crippen MR) is 80.3 cm³/mol. The van der Waals surface area contributed by atoms with E-state index in [1.807, 2.05) is 6.92 Å². The molecule has 0 aliphatic heterocycles. The molecule has 0 atom stereocenters. The summed E-state index contributed by atoms with van der Waals surface area (Å²) in [5, 5.41) is 14.1. The average molecular weight is 316 g/mol. The largest absolute Gasteiger partial charge is 0.487 e. The van der Waals surface area contributed by atoms with E-state index in [-0.39, 0.29) is 23.8 Å². The van der Waals surface area contributed by atoms with Crippen molar-refractivity contribution in [1.29, 1.82) is 0 Å². The summed E-state index contributed by atoms with van der Waals surface area (Å²) in [5.74, 6) is 0.168. The van der Waals surface area contributed by atoms with Gasteiger partial charge in [0.2, 0.25) is 0 Å². The summed E-state index contributed by atoms with van der Waals surface area (Å²) < 4.78 is 27.4. The molecule has 1 rings (SSSR count). The average Bonchev–Trinajstić information content (AvgIpc) is 2.40. The number of ether oxygens (including phenoxy) is 1. The molecule has 0 aliphatic rings. The normalized spacial score (nSPS) is 11.3. The SMILES string of the molecule is CCNCc1ccc([N+](=O)[O-])c(OCCCS(C)(=O)=O)c1. The summed E-state index contributed by atoms with van der Waals surface area (Å²) in [6.07, 6.45) is 1.44. The van der Waals surface area contributed by atoms with Gasteiger partial charge in [-0.05, 0) is 24.6 Å². The highest BCUT2D eigenvalue weighted by Gasteiger charge is 2.15. The van der Waals surface area contributed by atoms with Crippen LogP contribution in [0, 0.1) is 10.1 Å². The number of hydrogen-bond acceptors (Lipinski definition) is 6. The first-order valence-corrected chi connectivity index (χ1v) is 8.68. The second-order valence-electron chi connectivity index (χ2n) is 4.67. The number of hydrogen-bond donors (Lipinski definition) is 1. The van der Waals surface area contributed by atoms with Gasteiger partial charge in [0.25, 0.3) is 0 Å². The standard InChI is InChI=1S/C13H20N2O5S/c1-3-14-10-11-5-6-12(15(16)17)13(9-11)20-7-4-8-21(2,18)19/h5-6,9,14H,3-4,7-8,10H2,1-2H3. The molecule has 0 saturated carbocycles. The molecule has 1 aromatic carbocycles. The fourth-order valence-electron chi connectivity index (χ4n) is 1.71. The van der Waals surface area contributed by atoms with Crippen molar-refractivity contribution < 1.29 is 18.1 Å². The molecule has 8 heteroatoms. The summed E-state index contributed by atoms with van der Waals surface area (Å²) in [7, 11) is -3.05. The summed E-state index contributed by atoms with van der Waals surface area (Å²) in [6, 6.07) is 4.68. The summed E-state index contributed by atoms with van der Waals surface area (Å²) in [5.41, 5.74) is 0.759. The zero-order chi connectivity index (χ0) is 15.9. The van der Waals surface area contributed by atoms with Gasteiger partial charge >= 0.3 is 5.69 Å². The number of sulfone groups is 1. The van der Waals surface area contributed by atoms with Crippen LogP contribution in [0.4, 0.5) is 5.69 Å². The Morgan fingerprint density at radius 2 is 2.10 bits per heavy atom. The molecule has 0 amide bonds. The molecular formula is C13H20N2O5S. The molecule has 0 aromatic heterocycles. The van der Waals surface area contributed by atoms with Crippen molar-refractivity contribution >= 4 is 15.5 Å². The quantitative estimate of drug-likeness (QED) is 0.421. The van der Waals surface area contributed by atoms with E-state index in [0.29, 0.717) is 13.0 Å². The van der Waals surface area contributed by atoms with Crippen LogP contribution < -0.4 is 10.1 Å². The van der Waals surface area contributed by atoms with E-state index in [2.05, 4.69) is 5.32 Å². The molecule has 21 heavy (non-hydrogen) atoms. The lowest BCUT2D eigenvalue weighted by Gasteiger charge is -2.09. The third kappa shape index (κ3) is 6.54. The summed E-state index contributed by atoms with van der Waals surface area (Å²) >= 11 is 0. The maximum absolute atomic E-state index is 11.0. The van der Waals surface area contributed by atoms with E-state index < -0.39 is 14.8 Å². The molecule has 1 aromatic rings. The second-order valence-corrected chi connectivity index (χ2v) is 6.93. The van der Waals surface area contributed by atoms with Gasteiger partial charge in [-0.1, -0.05) is 13.0 Å². The van der Waals surface area contributed by atoms with Crippen LogP contribution in [0.15, 0.2) is 18.2 Å². The van der Waals surface area contributed by atoms with Crippen LogP contribution in [0.1, 0.15) is 18.9 Å². The molecule has 0 bridgehead atoms. The lowest BCUT2D eigenvalue weighted by molar-refractivity contribution is -0.385. The molecule has 0 fully saturated rings. The third-order valence-corrected chi connectivity index (χ3v) is 3.75. The molecule has 0 aliphatic carbocycles. The van der Waals surface area contributed by atoms with Gasteiger partial charge in [0, 0.05) is 18.9 Å². The Bertz CT molecular complexity index is 586. The van der Waals surface area contributed by atoms with Gasteiger partial charge in [-0.2, -0.15) is 0 Å². The van der Waals surface area contributed by atoms with E-state index in [1.54, 1.807) is 12.1 Å². The molecule has 118 valence electrons. The Hall–Kier alpha value is -1.67. The van der Waals surface area contributed by atoms with Crippen LogP contribution in [-0.4, -0.2) is 38.5 Å². The molecule has 7 nitrogen and oxygen atoms in total. The smallest absolute Gasteiger partial charge is 0.310 e. The van der Waals surface area contributed by atoms with Gasteiger partial charge in [-0.25, -0.2) is 8.42 Å². The molecule has 0 spiro atoms. The zero-order valence-electron chi connectivity index (χ0n) is 12.2. The van der Waals surface area contributed by atoms with E-state index in [1.165, 1.54) is 6.07 Å². The van der Waals surface area contributed by atoms with E-state index >= 15 is 0 Å². The Morgan fingerprint density at radius 3 is 2.67 bits per heavy atom. The van der Waals surface area contributed by atoms with E-state index in [9.17, 15) is 18.5 Å². The zero-order valence-corrected chi connectivity index (χ0v) is 13.0. The van der Waals surface area contributed by atoms with Gasteiger partial charge in [-0.3, -0.25) is 10.1 Å². The molecule has 0 unspecified atom stereocenters. The van der Waals surface area contributed by atoms with Crippen molar-refractivity contribution in [2.75, 3.05) is 25.2 Å². The first-order chi connectivity index (χ1) is 9.83. The molecule has 1 N–H and O–H groups in total. The van der Waals surface area contributed by atoms with Gasteiger partial charge in [0.05, 0.1) is 17.3 Å². The Kier molecular flexibility index (Phi) is 6.57. The maximum atomic E-state index is 11.0. The monoisotopic (exact) mass is 316 g/mol. The molecular weight excluding hydrogens is 296 g/mol. The van der Waals surface area contributed by atoms with Crippen LogP contribution in [-0.2, 0) is 16.4 Å². The Balaban J connectivity index is 2.74. The fraction of sp³-hybridized carbons (Fsp3) is 0.538. The first-order valence-electron chi connectivity index (χ1n) is 6.62. The van der Waals surface area contributed by atoms with Gasteiger partial charge < -0.3 is 10.1 Å². The first kappa shape index (κ1) is 17.4. The lowest BCUT2D eigenvalue weighted by Crippen LogP contribution is -2.12. The Labute approximate surface area is 124 Å². The summed E-state index contributed by atoms with van der Waals surface area (Å²) in [6.45, 7) is 3.47. The topological polar surface area (TPSA) is 98.5 Å².